The molecule has 1 aliphatic carbocycles. The molecule has 1 saturated carbocycles. The number of nitrogens with two attached hydrogens (primary N) is 1. The number of rotatable bonds is 1. The summed E-state index contributed by atoms with van der Waals surface area (Å²) in [6.07, 6.45) is 2.37. The van der Waals surface area contributed by atoms with Gasteiger partial charge in [0.1, 0.15) is 0 Å². The molecule has 0 aliphatic heterocycles. The van der Waals surface area contributed by atoms with Crippen LogP contribution in [0.2, 0.25) is 0 Å². The van der Waals surface area contributed by atoms with Crippen LogP contribution in [-0.2, 0) is 4.84 Å². The fraction of sp³-hybridized carbons (Fsp3) is 0.750. The van der Waals surface area contributed by atoms with Gasteiger partial charge < -0.3 is 10.2 Å². The van der Waals surface area contributed by atoms with Crippen LogP contribution >= 0.6 is 12.2 Å². The van der Waals surface area contributed by atoms with E-state index in [9.17, 15) is 0 Å². The first-order chi connectivity index (χ1) is 3.83. The summed E-state index contributed by atoms with van der Waals surface area (Å²) < 4.78 is 0. The second kappa shape index (κ2) is 2.28. The van der Waals surface area contributed by atoms with Crippen molar-refractivity contribution >= 4 is 17.4 Å². The first kappa shape index (κ1) is 5.78. The van der Waals surface area contributed by atoms with E-state index in [1.54, 1.807) is 0 Å². The van der Waals surface area contributed by atoms with Gasteiger partial charge in [0.2, 0.25) is 0 Å². The van der Waals surface area contributed by atoms with Gasteiger partial charge in [-0.1, -0.05) is 0 Å². The number of hydrogen-bond donors (Lipinski definition) is 2. The number of thiocarbonyl (C=S) groups is 1. The van der Waals surface area contributed by atoms with Crippen LogP contribution in [0.1, 0.15) is 12.8 Å². The highest BCUT2D eigenvalue weighted by Crippen LogP contribution is 2.18. The molecule has 0 aromatic carbocycles. The van der Waals surface area contributed by atoms with E-state index in [1.807, 2.05) is 0 Å². The second-order valence-electron chi connectivity index (χ2n) is 1.82. The van der Waals surface area contributed by atoms with Crippen LogP contribution < -0.4 is 11.2 Å². The quantitative estimate of drug-likeness (QED) is 0.387. The first-order valence-electron chi connectivity index (χ1n) is 2.50. The van der Waals surface area contributed by atoms with Crippen molar-refractivity contribution in [1.29, 1.82) is 0 Å². The van der Waals surface area contributed by atoms with E-state index in [0.29, 0.717) is 11.2 Å². The Labute approximate surface area is 53.1 Å². The lowest BCUT2D eigenvalue weighted by Gasteiger charge is -2.00. The SMILES string of the molecule is NOC(=S)NC1CC1. The Morgan fingerprint density at radius 3 is 2.75 bits per heavy atom. The molecule has 0 unspecified atom stereocenters. The highest BCUT2D eigenvalue weighted by Gasteiger charge is 2.21. The molecular formula is C4H8N2OS. The van der Waals surface area contributed by atoms with Crippen LogP contribution in [-0.4, -0.2) is 11.2 Å². The minimum atomic E-state index is 0.299. The van der Waals surface area contributed by atoms with Gasteiger partial charge in [0, 0.05) is 6.04 Å². The lowest BCUT2D eigenvalue weighted by atomic mass is 10.7. The third kappa shape index (κ3) is 1.63. The molecule has 0 heterocycles. The highest BCUT2D eigenvalue weighted by atomic mass is 32.1. The number of hydrogen-bond acceptors (Lipinski definition) is 3. The molecule has 0 spiro atoms. The average Bonchev–Trinajstić information content (AvgIpc) is 2.50. The monoisotopic (exact) mass is 132 g/mol. The zero-order valence-corrected chi connectivity index (χ0v) is 5.20. The summed E-state index contributed by atoms with van der Waals surface area (Å²) >= 11 is 4.61. The molecule has 3 nitrogen and oxygen atoms in total. The molecule has 8 heavy (non-hydrogen) atoms. The van der Waals surface area contributed by atoms with Crippen molar-refractivity contribution in [2.24, 2.45) is 5.90 Å². The summed E-state index contributed by atoms with van der Waals surface area (Å²) in [6, 6.07) is 0.533. The zero-order valence-electron chi connectivity index (χ0n) is 4.39. The molecule has 0 aromatic heterocycles. The third-order valence-corrected chi connectivity index (χ3v) is 1.22. The molecule has 4 heteroatoms. The molecule has 0 amide bonds. The minimum absolute atomic E-state index is 0.299. The molecule has 0 radical (unpaired) electrons. The number of nitrogens with one attached hydrogen (secondary N) is 1. The van der Waals surface area contributed by atoms with Crippen molar-refractivity contribution in [2.45, 2.75) is 18.9 Å². The van der Waals surface area contributed by atoms with Crippen molar-refractivity contribution in [1.82, 2.24) is 5.32 Å². The average molecular weight is 132 g/mol. The van der Waals surface area contributed by atoms with Crippen LogP contribution in [0.15, 0.2) is 0 Å². The van der Waals surface area contributed by atoms with Gasteiger partial charge in [0.05, 0.1) is 0 Å². The molecule has 1 aliphatic rings. The molecule has 3 N–H and O–H groups in total. The predicted octanol–water partition coefficient (Wildman–Crippen LogP) is -0.0864. The molecular weight excluding hydrogens is 124 g/mol. The standard InChI is InChI=1S/C4H8N2OS/c5-7-4(8)6-3-1-2-3/h3H,1-2,5H2,(H,6,8). The van der Waals surface area contributed by atoms with Crippen molar-refractivity contribution < 1.29 is 4.84 Å². The lowest BCUT2D eigenvalue weighted by Crippen LogP contribution is -2.28. The van der Waals surface area contributed by atoms with Gasteiger partial charge in [-0.05, 0) is 25.1 Å². The normalized spacial score (nSPS) is 17.6. The molecule has 1 rings (SSSR count). The Kier molecular flexibility index (Phi) is 1.65. The molecule has 0 atom stereocenters. The summed E-state index contributed by atoms with van der Waals surface area (Å²) in [5.41, 5.74) is 0. The first-order valence-corrected chi connectivity index (χ1v) is 2.91. The fourth-order valence-electron chi connectivity index (χ4n) is 0.428. The smallest absolute Gasteiger partial charge is 0.278 e. The highest BCUT2D eigenvalue weighted by molar-refractivity contribution is 7.80. The molecule has 0 saturated heterocycles. The summed E-state index contributed by atoms with van der Waals surface area (Å²) in [5, 5.41) is 3.19. The molecule has 46 valence electrons. The summed E-state index contributed by atoms with van der Waals surface area (Å²) in [7, 11) is 0. The summed E-state index contributed by atoms with van der Waals surface area (Å²) in [6.45, 7) is 0. The van der Waals surface area contributed by atoms with Gasteiger partial charge in [0.15, 0.2) is 0 Å². The van der Waals surface area contributed by atoms with E-state index in [-0.39, 0.29) is 0 Å². The minimum Gasteiger partial charge on any atom is -0.381 e. The fourth-order valence-corrected chi connectivity index (χ4v) is 0.595. The largest absolute Gasteiger partial charge is 0.381 e. The van der Waals surface area contributed by atoms with Crippen LogP contribution in [0, 0.1) is 0 Å². The zero-order chi connectivity index (χ0) is 5.98. The lowest BCUT2D eigenvalue weighted by molar-refractivity contribution is 0.313. The van der Waals surface area contributed by atoms with E-state index in [2.05, 4.69) is 22.4 Å². The van der Waals surface area contributed by atoms with Crippen LogP contribution in [0.4, 0.5) is 0 Å². The maximum atomic E-state index is 4.74. The Bertz CT molecular complexity index is 102. The van der Waals surface area contributed by atoms with Gasteiger partial charge in [-0.2, -0.15) is 5.90 Å². The van der Waals surface area contributed by atoms with E-state index in [0.717, 1.165) is 0 Å². The summed E-state index contributed by atoms with van der Waals surface area (Å²) in [5.74, 6) is 4.74. The summed E-state index contributed by atoms with van der Waals surface area (Å²) in [4.78, 5) is 4.22. The Balaban J connectivity index is 2.07. The van der Waals surface area contributed by atoms with E-state index in [4.69, 9.17) is 5.90 Å². The van der Waals surface area contributed by atoms with Crippen molar-refractivity contribution in [3.63, 3.8) is 0 Å². The van der Waals surface area contributed by atoms with Gasteiger partial charge in [-0.15, -0.1) is 0 Å². The maximum Gasteiger partial charge on any atom is 0.278 e. The molecule has 1 fully saturated rings. The Morgan fingerprint density at radius 2 is 2.38 bits per heavy atom. The Morgan fingerprint density at radius 1 is 1.75 bits per heavy atom. The van der Waals surface area contributed by atoms with E-state index < -0.39 is 0 Å². The van der Waals surface area contributed by atoms with E-state index in [1.165, 1.54) is 12.8 Å². The van der Waals surface area contributed by atoms with Crippen molar-refractivity contribution in [3.05, 3.63) is 0 Å². The van der Waals surface area contributed by atoms with Crippen LogP contribution in [0.25, 0.3) is 0 Å². The Hall–Kier alpha value is -0.350. The molecule has 0 bridgehead atoms. The second-order valence-corrected chi connectivity index (χ2v) is 2.19. The van der Waals surface area contributed by atoms with Crippen LogP contribution in [0.3, 0.4) is 0 Å². The van der Waals surface area contributed by atoms with Crippen molar-refractivity contribution in [3.8, 4) is 0 Å². The van der Waals surface area contributed by atoms with Gasteiger partial charge in [-0.25, -0.2) is 0 Å². The molecule has 0 aromatic rings. The van der Waals surface area contributed by atoms with Gasteiger partial charge in [-0.3, -0.25) is 0 Å². The maximum absolute atomic E-state index is 4.74. The van der Waals surface area contributed by atoms with Crippen molar-refractivity contribution in [2.75, 3.05) is 0 Å². The van der Waals surface area contributed by atoms with Crippen LogP contribution in [0.5, 0.6) is 0 Å². The topological polar surface area (TPSA) is 47.3 Å². The van der Waals surface area contributed by atoms with Gasteiger partial charge >= 0.3 is 0 Å². The van der Waals surface area contributed by atoms with Gasteiger partial charge in [0.25, 0.3) is 5.17 Å². The van der Waals surface area contributed by atoms with E-state index >= 15 is 0 Å². The third-order valence-electron chi connectivity index (χ3n) is 1.01. The predicted molar refractivity (Wildman–Crippen MR) is 34.0 cm³/mol.